The van der Waals surface area contributed by atoms with Gasteiger partial charge >= 0.3 is 6.03 Å². The van der Waals surface area contributed by atoms with Gasteiger partial charge in [0.05, 0.1) is 4.90 Å². The summed E-state index contributed by atoms with van der Waals surface area (Å²) in [4.78, 5) is 27.9. The van der Waals surface area contributed by atoms with Crippen molar-refractivity contribution < 1.29 is 18.0 Å². The summed E-state index contributed by atoms with van der Waals surface area (Å²) in [5.74, 6) is -0.473. The predicted octanol–water partition coefficient (Wildman–Crippen LogP) is 0.597. The molecule has 2 saturated heterocycles. The Bertz CT molecular complexity index is 985. The average Bonchev–Trinajstić information content (AvgIpc) is 2.87. The lowest BCUT2D eigenvalue weighted by Gasteiger charge is -2.37. The molecule has 130 valence electrons. The molecule has 1 atom stereocenters. The van der Waals surface area contributed by atoms with Gasteiger partial charge in [0.2, 0.25) is 10.0 Å². The number of aromatic nitrogens is 1. The van der Waals surface area contributed by atoms with Gasteiger partial charge in [0, 0.05) is 36.3 Å². The second-order valence-corrected chi connectivity index (χ2v) is 8.19. The molecule has 0 radical (unpaired) electrons. The maximum absolute atomic E-state index is 13.2. The first kappa shape index (κ1) is 16.0. The molecule has 8 nitrogen and oxygen atoms in total. The quantitative estimate of drug-likeness (QED) is 0.763. The van der Waals surface area contributed by atoms with Crippen molar-refractivity contribution in [3.8, 4) is 0 Å². The van der Waals surface area contributed by atoms with Gasteiger partial charge in [-0.2, -0.15) is 4.31 Å². The minimum atomic E-state index is -3.82. The molecule has 4 rings (SSSR count). The number of fused-ring (bicyclic) bond motifs is 1. The summed E-state index contributed by atoms with van der Waals surface area (Å²) in [5, 5.41) is 6.10. The number of sulfonamides is 1. The van der Waals surface area contributed by atoms with Crippen LogP contribution >= 0.6 is 0 Å². The third-order valence-electron chi connectivity index (χ3n) is 4.73. The summed E-state index contributed by atoms with van der Waals surface area (Å²) >= 11 is 0. The summed E-state index contributed by atoms with van der Waals surface area (Å²) < 4.78 is 27.7. The van der Waals surface area contributed by atoms with Crippen molar-refractivity contribution >= 4 is 32.7 Å². The number of benzene rings is 1. The fourth-order valence-corrected chi connectivity index (χ4v) is 5.25. The molecule has 2 fully saturated rings. The highest BCUT2D eigenvalue weighted by molar-refractivity contribution is 7.89. The highest BCUT2D eigenvalue weighted by Gasteiger charge is 2.50. The SMILES string of the molecule is O=C1NC(=O)C2(CCCN(S(=O)(=O)c3cccc4cnccc34)C2)N1. The Morgan fingerprint density at radius 2 is 2.04 bits per heavy atom. The van der Waals surface area contributed by atoms with Crippen LogP contribution in [0.4, 0.5) is 4.79 Å². The highest BCUT2D eigenvalue weighted by atomic mass is 32.2. The second-order valence-electron chi connectivity index (χ2n) is 6.29. The van der Waals surface area contributed by atoms with Crippen LogP contribution in [0.2, 0.25) is 0 Å². The van der Waals surface area contributed by atoms with Crippen LogP contribution in [0.25, 0.3) is 10.8 Å². The predicted molar refractivity (Wildman–Crippen MR) is 89.1 cm³/mol. The number of carbonyl (C=O) groups excluding carboxylic acids is 2. The van der Waals surface area contributed by atoms with E-state index in [1.165, 1.54) is 4.31 Å². The first-order valence-corrected chi connectivity index (χ1v) is 9.33. The largest absolute Gasteiger partial charge is 0.322 e. The number of piperidine rings is 1. The molecule has 0 aliphatic carbocycles. The molecule has 0 bridgehead atoms. The molecule has 25 heavy (non-hydrogen) atoms. The van der Waals surface area contributed by atoms with Crippen LogP contribution in [-0.4, -0.2) is 48.3 Å². The smallest absolute Gasteiger partial charge is 0.322 e. The topological polar surface area (TPSA) is 108 Å². The van der Waals surface area contributed by atoms with E-state index in [2.05, 4.69) is 15.6 Å². The van der Waals surface area contributed by atoms with Crippen LogP contribution in [0.5, 0.6) is 0 Å². The van der Waals surface area contributed by atoms with Crippen LogP contribution in [0.3, 0.4) is 0 Å². The molecule has 0 saturated carbocycles. The molecule has 1 aromatic heterocycles. The number of nitrogens with one attached hydrogen (secondary N) is 2. The summed E-state index contributed by atoms with van der Waals surface area (Å²) in [6.45, 7) is 0.225. The number of amides is 3. The van der Waals surface area contributed by atoms with Gasteiger partial charge < -0.3 is 5.32 Å². The van der Waals surface area contributed by atoms with Crippen molar-refractivity contribution in [1.29, 1.82) is 0 Å². The number of imide groups is 1. The van der Waals surface area contributed by atoms with Crippen molar-refractivity contribution in [2.24, 2.45) is 0 Å². The van der Waals surface area contributed by atoms with Gasteiger partial charge in [-0.25, -0.2) is 13.2 Å². The van der Waals surface area contributed by atoms with E-state index in [4.69, 9.17) is 0 Å². The van der Waals surface area contributed by atoms with Crippen LogP contribution in [0.15, 0.2) is 41.6 Å². The molecule has 3 amide bonds. The zero-order valence-electron chi connectivity index (χ0n) is 13.2. The maximum Gasteiger partial charge on any atom is 0.322 e. The zero-order chi connectivity index (χ0) is 17.7. The van der Waals surface area contributed by atoms with E-state index in [1.54, 1.807) is 36.7 Å². The monoisotopic (exact) mass is 360 g/mol. The minimum Gasteiger partial charge on any atom is -0.322 e. The lowest BCUT2D eigenvalue weighted by Crippen LogP contribution is -2.59. The Kier molecular flexibility index (Phi) is 3.51. The normalized spacial score (nSPS) is 24.5. The third kappa shape index (κ3) is 2.47. The first-order chi connectivity index (χ1) is 11.9. The number of urea groups is 1. The number of hydrogen-bond donors (Lipinski definition) is 2. The van der Waals surface area contributed by atoms with Gasteiger partial charge in [-0.05, 0) is 25.0 Å². The molecule has 2 aliphatic heterocycles. The van der Waals surface area contributed by atoms with Crippen molar-refractivity contribution in [3.05, 3.63) is 36.7 Å². The maximum atomic E-state index is 13.2. The molecule has 2 aliphatic rings. The number of hydrogen-bond acceptors (Lipinski definition) is 5. The lowest BCUT2D eigenvalue weighted by atomic mass is 9.90. The molecule has 9 heteroatoms. The van der Waals surface area contributed by atoms with Gasteiger partial charge in [0.15, 0.2) is 0 Å². The fraction of sp³-hybridized carbons (Fsp3) is 0.312. The molecular formula is C16H16N4O4S. The van der Waals surface area contributed by atoms with E-state index < -0.39 is 27.5 Å². The molecule has 2 aromatic rings. The molecule has 2 N–H and O–H groups in total. The van der Waals surface area contributed by atoms with Crippen molar-refractivity contribution in [3.63, 3.8) is 0 Å². The average molecular weight is 360 g/mol. The Morgan fingerprint density at radius 1 is 1.20 bits per heavy atom. The van der Waals surface area contributed by atoms with Crippen LogP contribution in [0, 0.1) is 0 Å². The Labute approximate surface area is 144 Å². The van der Waals surface area contributed by atoms with Crippen LogP contribution < -0.4 is 10.6 Å². The zero-order valence-corrected chi connectivity index (χ0v) is 14.0. The summed E-state index contributed by atoms with van der Waals surface area (Å²) in [6.07, 6.45) is 4.05. The summed E-state index contributed by atoms with van der Waals surface area (Å²) in [6, 6.07) is 6.09. The number of rotatable bonds is 2. The van der Waals surface area contributed by atoms with Gasteiger partial charge in [-0.1, -0.05) is 12.1 Å². The molecular weight excluding hydrogens is 344 g/mol. The van der Waals surface area contributed by atoms with E-state index in [0.717, 1.165) is 5.39 Å². The minimum absolute atomic E-state index is 0.0750. The van der Waals surface area contributed by atoms with E-state index in [0.29, 0.717) is 24.8 Å². The number of pyridine rings is 1. The molecule has 1 unspecified atom stereocenters. The van der Waals surface area contributed by atoms with Crippen LogP contribution in [0.1, 0.15) is 12.8 Å². The van der Waals surface area contributed by atoms with Gasteiger partial charge in [0.1, 0.15) is 5.54 Å². The number of carbonyl (C=O) groups is 2. The number of nitrogens with zero attached hydrogens (tertiary/aromatic N) is 2. The van der Waals surface area contributed by atoms with Gasteiger partial charge in [-0.3, -0.25) is 15.1 Å². The first-order valence-electron chi connectivity index (χ1n) is 7.89. The van der Waals surface area contributed by atoms with Crippen molar-refractivity contribution in [2.75, 3.05) is 13.1 Å². The Balaban J connectivity index is 1.75. The van der Waals surface area contributed by atoms with E-state index in [-0.39, 0.29) is 11.4 Å². The fourth-order valence-electron chi connectivity index (χ4n) is 3.49. The third-order valence-corrected chi connectivity index (χ3v) is 6.63. The standard InChI is InChI=1S/C16H16N4O4S/c21-14-16(19-15(22)18-14)6-2-8-20(10-16)25(23,24)13-4-1-3-11-9-17-7-5-12(11)13/h1,3-5,7,9H,2,6,8,10H2,(H2,18,19,21,22). The van der Waals surface area contributed by atoms with Gasteiger partial charge in [0.25, 0.3) is 5.91 Å². The van der Waals surface area contributed by atoms with E-state index in [1.807, 2.05) is 0 Å². The molecule has 1 aromatic carbocycles. The van der Waals surface area contributed by atoms with E-state index in [9.17, 15) is 18.0 Å². The highest BCUT2D eigenvalue weighted by Crippen LogP contribution is 2.31. The Hall–Kier alpha value is -2.52. The summed E-state index contributed by atoms with van der Waals surface area (Å²) in [5.41, 5.74) is -1.19. The molecule has 1 spiro atoms. The van der Waals surface area contributed by atoms with Crippen molar-refractivity contribution in [2.45, 2.75) is 23.3 Å². The Morgan fingerprint density at radius 3 is 2.80 bits per heavy atom. The second kappa shape index (κ2) is 5.50. The van der Waals surface area contributed by atoms with E-state index >= 15 is 0 Å². The lowest BCUT2D eigenvalue weighted by molar-refractivity contribution is -0.125. The van der Waals surface area contributed by atoms with Crippen molar-refractivity contribution in [1.82, 2.24) is 19.9 Å². The van der Waals surface area contributed by atoms with Gasteiger partial charge in [-0.15, -0.1) is 0 Å². The molecule has 3 heterocycles. The summed E-state index contributed by atoms with van der Waals surface area (Å²) in [7, 11) is -3.82. The van der Waals surface area contributed by atoms with Crippen LogP contribution in [-0.2, 0) is 14.8 Å².